The van der Waals surface area contributed by atoms with E-state index in [0.717, 1.165) is 18.8 Å². The van der Waals surface area contributed by atoms with E-state index in [4.69, 9.17) is 4.74 Å². The maximum atomic E-state index is 5.82. The molecule has 110 valence electrons. The summed E-state index contributed by atoms with van der Waals surface area (Å²) in [5, 5.41) is 2.13. The smallest absolute Gasteiger partial charge is 0.119 e. The molecule has 0 saturated carbocycles. The van der Waals surface area contributed by atoms with Crippen molar-refractivity contribution in [2.75, 3.05) is 20.7 Å². The first kappa shape index (κ1) is 17.0. The molecule has 1 aromatic heterocycles. The Morgan fingerprint density at radius 3 is 2.40 bits per heavy atom. The SMILES string of the molecule is Cc1ccc(OCCC(c2cccs2)N(C)C)cc1.Cl. The molecule has 0 aliphatic rings. The standard InChI is InChI=1S/C16H21NOS.ClH/c1-13-6-8-14(9-7-13)18-11-10-15(17(2)3)16-5-4-12-19-16;/h4-9,12,15H,10-11H2,1-3H3;1H. The van der Waals surface area contributed by atoms with Crippen LogP contribution >= 0.6 is 23.7 Å². The molecule has 1 atom stereocenters. The fourth-order valence-corrected chi connectivity index (χ4v) is 3.02. The van der Waals surface area contributed by atoms with E-state index in [9.17, 15) is 0 Å². The summed E-state index contributed by atoms with van der Waals surface area (Å²) in [6.45, 7) is 2.83. The number of halogens is 1. The molecule has 1 heterocycles. The highest BCUT2D eigenvalue weighted by atomic mass is 35.5. The summed E-state index contributed by atoms with van der Waals surface area (Å²) in [5.74, 6) is 0.953. The van der Waals surface area contributed by atoms with Crippen molar-refractivity contribution in [2.24, 2.45) is 0 Å². The van der Waals surface area contributed by atoms with Gasteiger partial charge in [0.15, 0.2) is 0 Å². The monoisotopic (exact) mass is 311 g/mol. The first-order valence-corrected chi connectivity index (χ1v) is 7.44. The highest BCUT2D eigenvalue weighted by Crippen LogP contribution is 2.26. The second-order valence-corrected chi connectivity index (χ2v) is 5.92. The number of ether oxygens (including phenoxy) is 1. The van der Waals surface area contributed by atoms with Gasteiger partial charge in [-0.15, -0.1) is 23.7 Å². The number of nitrogens with zero attached hydrogens (tertiary/aromatic N) is 1. The van der Waals surface area contributed by atoms with E-state index in [1.807, 2.05) is 23.5 Å². The molecule has 0 fully saturated rings. The molecule has 2 aromatic rings. The number of hydrogen-bond donors (Lipinski definition) is 0. The van der Waals surface area contributed by atoms with Gasteiger partial charge in [0.05, 0.1) is 6.61 Å². The Balaban J connectivity index is 0.00000200. The number of hydrogen-bond acceptors (Lipinski definition) is 3. The number of thiophene rings is 1. The molecule has 0 amide bonds. The average molecular weight is 312 g/mol. The fraction of sp³-hybridized carbons (Fsp3) is 0.375. The Bertz CT molecular complexity index is 482. The van der Waals surface area contributed by atoms with Crippen LogP contribution in [-0.4, -0.2) is 25.6 Å². The van der Waals surface area contributed by atoms with Crippen LogP contribution in [0.15, 0.2) is 41.8 Å². The summed E-state index contributed by atoms with van der Waals surface area (Å²) in [4.78, 5) is 3.65. The van der Waals surface area contributed by atoms with Gasteiger partial charge in [0.2, 0.25) is 0 Å². The van der Waals surface area contributed by atoms with Crippen molar-refractivity contribution in [2.45, 2.75) is 19.4 Å². The van der Waals surface area contributed by atoms with E-state index < -0.39 is 0 Å². The van der Waals surface area contributed by atoms with Crippen LogP contribution in [0.5, 0.6) is 5.75 Å². The fourth-order valence-electron chi connectivity index (χ4n) is 2.06. The predicted molar refractivity (Wildman–Crippen MR) is 89.3 cm³/mol. The van der Waals surface area contributed by atoms with E-state index in [0.29, 0.717) is 6.04 Å². The largest absolute Gasteiger partial charge is 0.494 e. The van der Waals surface area contributed by atoms with Gasteiger partial charge in [-0.2, -0.15) is 0 Å². The molecule has 0 bridgehead atoms. The second kappa shape index (κ2) is 8.30. The first-order valence-electron chi connectivity index (χ1n) is 6.56. The van der Waals surface area contributed by atoms with Gasteiger partial charge in [0.1, 0.15) is 5.75 Å². The molecule has 0 aliphatic heterocycles. The lowest BCUT2D eigenvalue weighted by atomic mass is 10.1. The lowest BCUT2D eigenvalue weighted by Gasteiger charge is -2.23. The molecule has 0 radical (unpaired) electrons. The van der Waals surface area contributed by atoms with Crippen LogP contribution in [0.25, 0.3) is 0 Å². The summed E-state index contributed by atoms with van der Waals surface area (Å²) >= 11 is 1.81. The third-order valence-electron chi connectivity index (χ3n) is 3.18. The van der Waals surface area contributed by atoms with E-state index in [-0.39, 0.29) is 12.4 Å². The molecular formula is C16H22ClNOS. The van der Waals surface area contributed by atoms with Gasteiger partial charge in [-0.05, 0) is 44.6 Å². The molecule has 0 N–H and O–H groups in total. The van der Waals surface area contributed by atoms with Crippen molar-refractivity contribution in [3.8, 4) is 5.75 Å². The zero-order chi connectivity index (χ0) is 13.7. The molecule has 0 spiro atoms. The number of rotatable bonds is 6. The summed E-state index contributed by atoms with van der Waals surface area (Å²) in [7, 11) is 4.24. The Hall–Kier alpha value is -1.03. The van der Waals surface area contributed by atoms with E-state index in [1.54, 1.807) is 0 Å². The minimum absolute atomic E-state index is 0. The Labute approximate surface area is 131 Å². The topological polar surface area (TPSA) is 12.5 Å². The highest BCUT2D eigenvalue weighted by molar-refractivity contribution is 7.10. The van der Waals surface area contributed by atoms with Crippen molar-refractivity contribution in [3.05, 3.63) is 52.2 Å². The van der Waals surface area contributed by atoms with Crippen molar-refractivity contribution < 1.29 is 4.74 Å². The molecular weight excluding hydrogens is 290 g/mol. The van der Waals surface area contributed by atoms with Crippen molar-refractivity contribution in [1.29, 1.82) is 0 Å². The molecule has 20 heavy (non-hydrogen) atoms. The molecule has 2 rings (SSSR count). The van der Waals surface area contributed by atoms with Crippen molar-refractivity contribution >= 4 is 23.7 Å². The summed E-state index contributed by atoms with van der Waals surface area (Å²) in [5.41, 5.74) is 1.26. The van der Waals surface area contributed by atoms with Crippen LogP contribution in [0.3, 0.4) is 0 Å². The zero-order valence-corrected chi connectivity index (χ0v) is 13.8. The summed E-state index contributed by atoms with van der Waals surface area (Å²) < 4.78 is 5.82. The lowest BCUT2D eigenvalue weighted by molar-refractivity contribution is 0.226. The van der Waals surface area contributed by atoms with Crippen LogP contribution in [0.2, 0.25) is 0 Å². The minimum atomic E-state index is 0. The molecule has 1 unspecified atom stereocenters. The number of aryl methyl sites for hydroxylation is 1. The van der Waals surface area contributed by atoms with Gasteiger partial charge < -0.3 is 9.64 Å². The third-order valence-corrected chi connectivity index (χ3v) is 4.15. The molecule has 0 saturated heterocycles. The van der Waals surface area contributed by atoms with Gasteiger partial charge >= 0.3 is 0 Å². The Morgan fingerprint density at radius 1 is 1.15 bits per heavy atom. The lowest BCUT2D eigenvalue weighted by Crippen LogP contribution is -2.21. The van der Waals surface area contributed by atoms with E-state index in [2.05, 4.69) is 55.6 Å². The van der Waals surface area contributed by atoms with Crippen molar-refractivity contribution in [3.63, 3.8) is 0 Å². The number of benzene rings is 1. The maximum Gasteiger partial charge on any atom is 0.119 e. The van der Waals surface area contributed by atoms with Crippen LogP contribution in [0, 0.1) is 6.92 Å². The van der Waals surface area contributed by atoms with Gasteiger partial charge in [-0.25, -0.2) is 0 Å². The van der Waals surface area contributed by atoms with Gasteiger partial charge in [-0.1, -0.05) is 23.8 Å². The Morgan fingerprint density at radius 2 is 1.85 bits per heavy atom. The quantitative estimate of drug-likeness (QED) is 0.776. The summed E-state index contributed by atoms with van der Waals surface area (Å²) in [6, 6.07) is 13.0. The molecule has 0 aliphatic carbocycles. The molecule has 2 nitrogen and oxygen atoms in total. The van der Waals surface area contributed by atoms with Gasteiger partial charge in [-0.3, -0.25) is 0 Å². The zero-order valence-electron chi connectivity index (χ0n) is 12.2. The van der Waals surface area contributed by atoms with Crippen LogP contribution in [-0.2, 0) is 0 Å². The highest BCUT2D eigenvalue weighted by Gasteiger charge is 2.14. The van der Waals surface area contributed by atoms with Gasteiger partial charge in [0.25, 0.3) is 0 Å². The second-order valence-electron chi connectivity index (χ2n) is 4.95. The average Bonchev–Trinajstić information content (AvgIpc) is 2.90. The van der Waals surface area contributed by atoms with E-state index >= 15 is 0 Å². The normalized spacial score (nSPS) is 12.0. The molecule has 1 aromatic carbocycles. The predicted octanol–water partition coefficient (Wildman–Crippen LogP) is 4.55. The van der Waals surface area contributed by atoms with Gasteiger partial charge in [0, 0.05) is 17.3 Å². The maximum absolute atomic E-state index is 5.82. The first-order chi connectivity index (χ1) is 9.16. The molecule has 4 heteroatoms. The third kappa shape index (κ3) is 4.82. The minimum Gasteiger partial charge on any atom is -0.494 e. The summed E-state index contributed by atoms with van der Waals surface area (Å²) in [6.07, 6.45) is 1.00. The van der Waals surface area contributed by atoms with Crippen molar-refractivity contribution in [1.82, 2.24) is 4.90 Å². The van der Waals surface area contributed by atoms with E-state index in [1.165, 1.54) is 10.4 Å². The van der Waals surface area contributed by atoms with Crippen LogP contribution in [0.4, 0.5) is 0 Å². The van der Waals surface area contributed by atoms with Crippen LogP contribution in [0.1, 0.15) is 22.9 Å². The Kier molecular flexibility index (Phi) is 7.06. The van der Waals surface area contributed by atoms with Crippen LogP contribution < -0.4 is 4.74 Å².